The number of allylic oxidation sites excluding steroid dienone is 1. The van der Waals surface area contributed by atoms with Gasteiger partial charge in [0.2, 0.25) is 0 Å². The maximum absolute atomic E-state index is 12.2. The Morgan fingerprint density at radius 3 is 2.71 bits per heavy atom. The summed E-state index contributed by atoms with van der Waals surface area (Å²) in [4.78, 5) is 12.2. The van der Waals surface area contributed by atoms with Crippen LogP contribution in [0.15, 0.2) is 54.1 Å². The minimum Gasteiger partial charge on any atom is -0.504 e. The van der Waals surface area contributed by atoms with Crippen molar-refractivity contribution in [2.24, 2.45) is 5.10 Å². The molecule has 0 bridgehead atoms. The van der Waals surface area contributed by atoms with Crippen LogP contribution in [0.25, 0.3) is 5.57 Å². The first-order valence-electron chi connectivity index (χ1n) is 9.06. The Balaban J connectivity index is 2.01. The van der Waals surface area contributed by atoms with E-state index in [0.717, 1.165) is 16.7 Å². The van der Waals surface area contributed by atoms with Crippen LogP contribution in [0.1, 0.15) is 44.4 Å². The van der Waals surface area contributed by atoms with Crippen molar-refractivity contribution >= 4 is 17.8 Å². The van der Waals surface area contributed by atoms with E-state index in [1.165, 1.54) is 12.3 Å². The van der Waals surface area contributed by atoms with Gasteiger partial charge >= 0.3 is 6.03 Å². The smallest absolute Gasteiger partial charge is 0.335 e. The first kappa shape index (κ1) is 21.0. The number of phenols is 1. The Hall–Kier alpha value is -3.28. The molecule has 28 heavy (non-hydrogen) atoms. The van der Waals surface area contributed by atoms with Crippen molar-refractivity contribution in [2.75, 3.05) is 6.61 Å². The van der Waals surface area contributed by atoms with Gasteiger partial charge in [0.25, 0.3) is 0 Å². The fourth-order valence-electron chi connectivity index (χ4n) is 2.60. The van der Waals surface area contributed by atoms with Crippen molar-refractivity contribution in [1.82, 2.24) is 10.7 Å². The number of benzene rings is 2. The maximum Gasteiger partial charge on any atom is 0.335 e. The molecule has 2 aromatic rings. The molecule has 148 valence electrons. The molecule has 2 rings (SSSR count). The van der Waals surface area contributed by atoms with Gasteiger partial charge in [0.15, 0.2) is 11.5 Å². The number of nitrogens with zero attached hydrogens (tertiary/aromatic N) is 1. The van der Waals surface area contributed by atoms with Crippen LogP contribution < -0.4 is 15.5 Å². The molecule has 2 aromatic carbocycles. The molecule has 0 saturated carbocycles. The lowest BCUT2D eigenvalue weighted by Crippen LogP contribution is -2.45. The second-order valence-corrected chi connectivity index (χ2v) is 6.97. The highest BCUT2D eigenvalue weighted by Crippen LogP contribution is 2.26. The zero-order chi connectivity index (χ0) is 20.7. The van der Waals surface area contributed by atoms with Gasteiger partial charge in [-0.25, -0.2) is 10.2 Å². The van der Waals surface area contributed by atoms with Crippen molar-refractivity contribution in [3.63, 3.8) is 0 Å². The van der Waals surface area contributed by atoms with Gasteiger partial charge in [0.05, 0.1) is 18.4 Å². The molecule has 0 spiro atoms. The largest absolute Gasteiger partial charge is 0.504 e. The molecule has 0 aliphatic carbocycles. The molecule has 0 atom stereocenters. The summed E-state index contributed by atoms with van der Waals surface area (Å²) in [6.07, 6.45) is 1.48. The summed E-state index contributed by atoms with van der Waals surface area (Å²) < 4.78 is 5.33. The van der Waals surface area contributed by atoms with Gasteiger partial charge in [-0.15, -0.1) is 0 Å². The molecule has 3 N–H and O–H groups in total. The average molecular weight is 381 g/mol. The van der Waals surface area contributed by atoms with Crippen molar-refractivity contribution in [1.29, 1.82) is 0 Å². The third-order valence-electron chi connectivity index (χ3n) is 4.17. The molecular formula is C22H27N3O3. The molecular weight excluding hydrogens is 354 g/mol. The second kappa shape index (κ2) is 9.08. The molecule has 0 heterocycles. The van der Waals surface area contributed by atoms with E-state index in [1.54, 1.807) is 12.1 Å². The number of rotatable bonds is 7. The first-order valence-corrected chi connectivity index (χ1v) is 9.06. The van der Waals surface area contributed by atoms with Crippen LogP contribution in [0.5, 0.6) is 11.5 Å². The Kier molecular flexibility index (Phi) is 6.82. The van der Waals surface area contributed by atoms with Crippen LogP contribution in [-0.4, -0.2) is 24.0 Å². The molecule has 0 saturated heterocycles. The molecule has 0 aliphatic rings. The van der Waals surface area contributed by atoms with E-state index < -0.39 is 11.6 Å². The summed E-state index contributed by atoms with van der Waals surface area (Å²) in [5.74, 6) is 0.429. The van der Waals surface area contributed by atoms with Crippen LogP contribution >= 0.6 is 0 Å². The summed E-state index contributed by atoms with van der Waals surface area (Å²) in [6, 6.07) is 12.3. The third kappa shape index (κ3) is 5.61. The van der Waals surface area contributed by atoms with Crippen LogP contribution in [-0.2, 0) is 5.54 Å². The monoisotopic (exact) mass is 381 g/mol. The number of hydrogen-bond donors (Lipinski definition) is 3. The molecule has 0 fully saturated rings. The minimum absolute atomic E-state index is 0.0587. The van der Waals surface area contributed by atoms with Crippen molar-refractivity contribution in [3.05, 3.63) is 65.7 Å². The Morgan fingerprint density at radius 2 is 2.04 bits per heavy atom. The van der Waals surface area contributed by atoms with Crippen molar-refractivity contribution in [2.45, 2.75) is 33.2 Å². The molecule has 6 heteroatoms. The molecule has 0 unspecified atom stereocenters. The molecule has 2 amide bonds. The van der Waals surface area contributed by atoms with Gasteiger partial charge in [-0.3, -0.25) is 0 Å². The van der Waals surface area contributed by atoms with Crippen molar-refractivity contribution in [3.8, 4) is 11.5 Å². The van der Waals surface area contributed by atoms with E-state index in [2.05, 4.69) is 22.4 Å². The SMILES string of the molecule is C=C(C)c1cccc(C(C)(C)NC(=O)NN=Cc2ccc(O)c(OCC)c2)c1. The lowest BCUT2D eigenvalue weighted by Gasteiger charge is -2.27. The lowest BCUT2D eigenvalue weighted by atomic mass is 9.92. The number of carbonyl (C=O) groups excluding carboxylic acids is 1. The number of nitrogens with one attached hydrogen (secondary N) is 2. The summed E-state index contributed by atoms with van der Waals surface area (Å²) in [5.41, 5.74) is 5.52. The second-order valence-electron chi connectivity index (χ2n) is 6.97. The van der Waals surface area contributed by atoms with Gasteiger partial charge in [-0.1, -0.05) is 30.4 Å². The van der Waals surface area contributed by atoms with Crippen LogP contribution in [0.2, 0.25) is 0 Å². The fourth-order valence-corrected chi connectivity index (χ4v) is 2.60. The summed E-state index contributed by atoms with van der Waals surface area (Å²) in [6.45, 7) is 12.0. The molecule has 0 aliphatic heterocycles. The number of ether oxygens (including phenoxy) is 1. The Morgan fingerprint density at radius 1 is 1.29 bits per heavy atom. The summed E-state index contributed by atoms with van der Waals surface area (Å²) in [7, 11) is 0. The normalized spacial score (nSPS) is 11.3. The van der Waals surface area contributed by atoms with E-state index in [-0.39, 0.29) is 5.75 Å². The predicted octanol–water partition coefficient (Wildman–Crippen LogP) is 4.39. The Bertz CT molecular complexity index is 888. The summed E-state index contributed by atoms with van der Waals surface area (Å²) >= 11 is 0. The van der Waals surface area contributed by atoms with Gasteiger partial charge in [0.1, 0.15) is 0 Å². The van der Waals surface area contributed by atoms with Gasteiger partial charge < -0.3 is 15.2 Å². The number of hydrogen-bond acceptors (Lipinski definition) is 4. The van der Waals surface area contributed by atoms with E-state index in [0.29, 0.717) is 17.9 Å². The Labute approximate surface area is 165 Å². The van der Waals surface area contributed by atoms with Crippen LogP contribution in [0.3, 0.4) is 0 Å². The van der Waals surface area contributed by atoms with Crippen LogP contribution in [0.4, 0.5) is 4.79 Å². The number of aromatic hydroxyl groups is 1. The van der Waals surface area contributed by atoms with Gasteiger partial charge in [0, 0.05) is 0 Å². The maximum atomic E-state index is 12.2. The van der Waals surface area contributed by atoms with Crippen LogP contribution in [0, 0.1) is 0 Å². The van der Waals surface area contributed by atoms with Crippen molar-refractivity contribution < 1.29 is 14.6 Å². The standard InChI is InChI=1S/C22H27N3O3/c1-6-28-20-12-16(10-11-19(20)26)14-23-25-21(27)24-22(4,5)18-9-7-8-17(13-18)15(2)3/h7-14,26H,2,6H2,1,3-5H3,(H2,24,25,27). The van der Waals surface area contributed by atoms with E-state index in [4.69, 9.17) is 4.74 Å². The molecule has 0 radical (unpaired) electrons. The lowest BCUT2D eigenvalue weighted by molar-refractivity contribution is 0.230. The minimum atomic E-state index is -0.592. The zero-order valence-electron chi connectivity index (χ0n) is 16.7. The highest BCUT2D eigenvalue weighted by Gasteiger charge is 2.23. The predicted molar refractivity (Wildman–Crippen MR) is 113 cm³/mol. The molecule has 0 aromatic heterocycles. The average Bonchev–Trinajstić information content (AvgIpc) is 2.64. The summed E-state index contributed by atoms with van der Waals surface area (Å²) in [5, 5.41) is 16.6. The topological polar surface area (TPSA) is 83.0 Å². The fraction of sp³-hybridized carbons (Fsp3) is 0.273. The van der Waals surface area contributed by atoms with E-state index in [1.807, 2.05) is 52.0 Å². The quantitative estimate of drug-likeness (QED) is 0.491. The third-order valence-corrected chi connectivity index (χ3v) is 4.17. The van der Waals surface area contributed by atoms with Gasteiger partial charge in [-0.2, -0.15) is 5.10 Å². The zero-order valence-corrected chi connectivity index (χ0v) is 16.7. The highest BCUT2D eigenvalue weighted by molar-refractivity contribution is 5.83. The highest BCUT2D eigenvalue weighted by atomic mass is 16.5. The molecule has 6 nitrogen and oxygen atoms in total. The van der Waals surface area contributed by atoms with E-state index >= 15 is 0 Å². The van der Waals surface area contributed by atoms with E-state index in [9.17, 15) is 9.90 Å². The number of urea groups is 1. The number of amides is 2. The number of hydrazone groups is 1. The number of carbonyl (C=O) groups is 1. The van der Waals surface area contributed by atoms with Gasteiger partial charge in [-0.05, 0) is 68.7 Å². The number of phenolic OH excluding ortho intramolecular Hbond substituents is 1. The first-order chi connectivity index (χ1) is 13.2.